The molecule has 2 saturated heterocycles. The second kappa shape index (κ2) is 7.97. The van der Waals surface area contributed by atoms with Gasteiger partial charge in [-0.15, -0.1) is 0 Å². The molecule has 1 amide bonds. The lowest BCUT2D eigenvalue weighted by Gasteiger charge is -2.40. The van der Waals surface area contributed by atoms with Crippen LogP contribution in [0.3, 0.4) is 0 Å². The van der Waals surface area contributed by atoms with Gasteiger partial charge in [0.05, 0.1) is 19.3 Å². The summed E-state index contributed by atoms with van der Waals surface area (Å²) in [5, 5.41) is 0. The molecule has 0 unspecified atom stereocenters. The van der Waals surface area contributed by atoms with E-state index in [0.29, 0.717) is 26.3 Å². The molecule has 2 aliphatic heterocycles. The lowest BCUT2D eigenvalue weighted by molar-refractivity contribution is -0.140. The van der Waals surface area contributed by atoms with E-state index in [9.17, 15) is 9.59 Å². The van der Waals surface area contributed by atoms with E-state index in [2.05, 4.69) is 9.80 Å². The second-order valence-corrected chi connectivity index (χ2v) is 6.74. The zero-order chi connectivity index (χ0) is 17.8. The molecule has 1 atom stereocenters. The van der Waals surface area contributed by atoms with Crippen molar-refractivity contribution in [3.8, 4) is 0 Å². The van der Waals surface area contributed by atoms with Crippen molar-refractivity contribution in [2.45, 2.75) is 19.9 Å². The van der Waals surface area contributed by atoms with Gasteiger partial charge in [-0.1, -0.05) is 0 Å². The van der Waals surface area contributed by atoms with Crippen LogP contribution < -0.4 is 4.90 Å². The summed E-state index contributed by atoms with van der Waals surface area (Å²) in [6, 6.07) is 7.70. The van der Waals surface area contributed by atoms with Gasteiger partial charge in [-0.25, -0.2) is 0 Å². The summed E-state index contributed by atoms with van der Waals surface area (Å²) in [5.74, 6) is 0.300. The third kappa shape index (κ3) is 4.19. The van der Waals surface area contributed by atoms with Gasteiger partial charge >= 0.3 is 0 Å². The molecule has 0 radical (unpaired) electrons. The molecule has 6 nitrogen and oxygen atoms in total. The number of amides is 1. The topological polar surface area (TPSA) is 53.1 Å². The third-order valence-corrected chi connectivity index (χ3v) is 5.18. The number of rotatable bonds is 4. The number of hydrogen-bond acceptors (Lipinski definition) is 5. The summed E-state index contributed by atoms with van der Waals surface area (Å²) in [6.07, 6.45) is 0. The Morgan fingerprint density at radius 1 is 0.960 bits per heavy atom. The van der Waals surface area contributed by atoms with Gasteiger partial charge < -0.3 is 14.5 Å². The van der Waals surface area contributed by atoms with Gasteiger partial charge in [-0.05, 0) is 38.1 Å². The van der Waals surface area contributed by atoms with E-state index < -0.39 is 0 Å². The molecular formula is C19H27N3O3. The summed E-state index contributed by atoms with van der Waals surface area (Å²) in [6.45, 7) is 9.79. The van der Waals surface area contributed by atoms with Crippen LogP contribution in [0.25, 0.3) is 0 Å². The van der Waals surface area contributed by atoms with Gasteiger partial charge in [-0.2, -0.15) is 0 Å². The van der Waals surface area contributed by atoms with Crippen molar-refractivity contribution in [1.29, 1.82) is 0 Å². The maximum absolute atomic E-state index is 12.6. The lowest BCUT2D eigenvalue weighted by atomic mass is 10.1. The molecule has 136 valence electrons. The first-order valence-electron chi connectivity index (χ1n) is 9.03. The monoisotopic (exact) mass is 345 g/mol. The summed E-state index contributed by atoms with van der Waals surface area (Å²) in [5.41, 5.74) is 1.88. The molecule has 0 N–H and O–H groups in total. The lowest BCUT2D eigenvalue weighted by Crippen LogP contribution is -2.56. The van der Waals surface area contributed by atoms with Crippen molar-refractivity contribution in [2.75, 3.05) is 57.4 Å². The fourth-order valence-corrected chi connectivity index (χ4v) is 3.48. The molecule has 3 rings (SSSR count). The van der Waals surface area contributed by atoms with Gasteiger partial charge in [0.25, 0.3) is 0 Å². The Hall–Kier alpha value is -1.92. The minimum atomic E-state index is -0.0830. The van der Waals surface area contributed by atoms with Crippen LogP contribution in [-0.2, 0) is 9.53 Å². The minimum absolute atomic E-state index is 0.0830. The number of carbonyl (C=O) groups is 2. The molecule has 0 aliphatic carbocycles. The average molecular weight is 345 g/mol. The van der Waals surface area contributed by atoms with Crippen molar-refractivity contribution in [3.05, 3.63) is 29.8 Å². The molecule has 0 spiro atoms. The highest BCUT2D eigenvalue weighted by atomic mass is 16.5. The average Bonchev–Trinajstić information content (AvgIpc) is 2.67. The van der Waals surface area contributed by atoms with Gasteiger partial charge in [0.15, 0.2) is 5.78 Å². The number of morpholine rings is 1. The highest BCUT2D eigenvalue weighted by Crippen LogP contribution is 2.19. The first-order valence-corrected chi connectivity index (χ1v) is 9.03. The van der Waals surface area contributed by atoms with Gasteiger partial charge in [0.1, 0.15) is 0 Å². The number of piperazine rings is 1. The number of ketones is 1. The van der Waals surface area contributed by atoms with E-state index in [1.807, 2.05) is 36.1 Å². The van der Waals surface area contributed by atoms with Crippen LogP contribution in [0.4, 0.5) is 5.69 Å². The SMILES string of the molecule is CC(=O)c1ccc(N2CCN([C@H](C)C(=O)N3CCOCC3)CC2)cc1. The van der Waals surface area contributed by atoms with Crippen molar-refractivity contribution < 1.29 is 14.3 Å². The Kier molecular flexibility index (Phi) is 5.71. The molecule has 0 saturated carbocycles. The molecule has 0 aromatic heterocycles. The molecule has 2 fully saturated rings. The van der Waals surface area contributed by atoms with Crippen LogP contribution in [0.2, 0.25) is 0 Å². The summed E-state index contributed by atoms with van der Waals surface area (Å²) >= 11 is 0. The third-order valence-electron chi connectivity index (χ3n) is 5.18. The van der Waals surface area contributed by atoms with Crippen molar-refractivity contribution >= 4 is 17.4 Å². The summed E-state index contributed by atoms with van der Waals surface area (Å²) < 4.78 is 5.33. The molecule has 1 aromatic carbocycles. The number of Topliss-reactive ketones (excluding diaryl/α,β-unsaturated/α-hetero) is 1. The molecule has 25 heavy (non-hydrogen) atoms. The number of benzene rings is 1. The maximum atomic E-state index is 12.6. The Labute approximate surface area is 149 Å². The predicted molar refractivity (Wildman–Crippen MR) is 97.1 cm³/mol. The number of hydrogen-bond donors (Lipinski definition) is 0. The Balaban J connectivity index is 1.54. The zero-order valence-corrected chi connectivity index (χ0v) is 15.1. The van der Waals surface area contributed by atoms with Gasteiger partial charge in [-0.3, -0.25) is 14.5 Å². The van der Waals surface area contributed by atoms with E-state index in [1.165, 1.54) is 0 Å². The number of nitrogens with zero attached hydrogens (tertiary/aromatic N) is 3. The fraction of sp³-hybridized carbons (Fsp3) is 0.579. The Bertz CT molecular complexity index is 603. The van der Waals surface area contributed by atoms with Crippen LogP contribution in [0.15, 0.2) is 24.3 Å². The zero-order valence-electron chi connectivity index (χ0n) is 15.1. The molecule has 2 heterocycles. The Morgan fingerprint density at radius 3 is 2.12 bits per heavy atom. The predicted octanol–water partition coefficient (Wildman–Crippen LogP) is 1.26. The van der Waals surface area contributed by atoms with E-state index in [4.69, 9.17) is 4.74 Å². The first kappa shape index (κ1) is 17.9. The van der Waals surface area contributed by atoms with Crippen LogP contribution >= 0.6 is 0 Å². The normalized spacial score (nSPS) is 20.4. The molecule has 6 heteroatoms. The van der Waals surface area contributed by atoms with E-state index in [1.54, 1.807) is 6.92 Å². The van der Waals surface area contributed by atoms with Crippen LogP contribution in [0, 0.1) is 0 Å². The molecule has 0 bridgehead atoms. The summed E-state index contributed by atoms with van der Waals surface area (Å²) in [7, 11) is 0. The fourth-order valence-electron chi connectivity index (χ4n) is 3.48. The smallest absolute Gasteiger partial charge is 0.239 e. The molecular weight excluding hydrogens is 318 g/mol. The largest absolute Gasteiger partial charge is 0.378 e. The van der Waals surface area contributed by atoms with E-state index in [0.717, 1.165) is 37.4 Å². The quantitative estimate of drug-likeness (QED) is 0.769. The minimum Gasteiger partial charge on any atom is -0.378 e. The van der Waals surface area contributed by atoms with Crippen LogP contribution in [-0.4, -0.2) is 80.0 Å². The first-order chi connectivity index (χ1) is 12.1. The van der Waals surface area contributed by atoms with Crippen molar-refractivity contribution in [3.63, 3.8) is 0 Å². The van der Waals surface area contributed by atoms with Crippen LogP contribution in [0.5, 0.6) is 0 Å². The van der Waals surface area contributed by atoms with Gasteiger partial charge in [0, 0.05) is 50.5 Å². The maximum Gasteiger partial charge on any atom is 0.239 e. The second-order valence-electron chi connectivity index (χ2n) is 6.74. The van der Waals surface area contributed by atoms with Crippen molar-refractivity contribution in [1.82, 2.24) is 9.80 Å². The van der Waals surface area contributed by atoms with E-state index >= 15 is 0 Å². The van der Waals surface area contributed by atoms with E-state index in [-0.39, 0.29) is 17.7 Å². The molecule has 1 aromatic rings. The van der Waals surface area contributed by atoms with Crippen LogP contribution in [0.1, 0.15) is 24.2 Å². The number of anilines is 1. The summed E-state index contributed by atoms with van der Waals surface area (Å²) in [4.78, 5) is 30.5. The van der Waals surface area contributed by atoms with Crippen molar-refractivity contribution in [2.24, 2.45) is 0 Å². The van der Waals surface area contributed by atoms with Gasteiger partial charge in [0.2, 0.25) is 5.91 Å². The highest BCUT2D eigenvalue weighted by Gasteiger charge is 2.29. The Morgan fingerprint density at radius 2 is 1.56 bits per heavy atom. The number of ether oxygens (including phenoxy) is 1. The standard InChI is InChI=1S/C19H27N3O3/c1-15(19(24)22-11-13-25-14-12-22)20-7-9-21(10-8-20)18-5-3-17(4-6-18)16(2)23/h3-6,15H,7-14H2,1-2H3/t15-/m1/s1. The highest BCUT2D eigenvalue weighted by molar-refractivity contribution is 5.94. The molecule has 2 aliphatic rings. The number of carbonyl (C=O) groups excluding carboxylic acids is 2.